The quantitative estimate of drug-likeness (QED) is 0.668. The van der Waals surface area contributed by atoms with Gasteiger partial charge in [-0.1, -0.05) is 20.8 Å². The Labute approximate surface area is 118 Å². The van der Waals surface area contributed by atoms with E-state index in [1.165, 1.54) is 0 Å². The van der Waals surface area contributed by atoms with Crippen molar-refractivity contribution in [2.24, 2.45) is 17.6 Å². The van der Waals surface area contributed by atoms with E-state index in [1.807, 2.05) is 6.92 Å². The van der Waals surface area contributed by atoms with Crippen LogP contribution in [0.5, 0.6) is 0 Å². The number of likely N-dealkylation sites (N-methyl/N-ethyl adjacent to an activating group) is 2. The molecule has 1 aliphatic rings. The largest absolute Gasteiger partial charge is 0.368 e. The molecule has 1 saturated carbocycles. The molecule has 0 aromatic carbocycles. The molecule has 0 bridgehead atoms. The van der Waals surface area contributed by atoms with Crippen molar-refractivity contribution in [2.45, 2.75) is 58.5 Å². The van der Waals surface area contributed by atoms with Crippen molar-refractivity contribution in [3.05, 3.63) is 0 Å². The molecule has 4 heteroatoms. The highest BCUT2D eigenvalue weighted by Crippen LogP contribution is 2.40. The first-order chi connectivity index (χ1) is 8.83. The number of hydrogen-bond acceptors (Lipinski definition) is 3. The van der Waals surface area contributed by atoms with E-state index in [9.17, 15) is 4.79 Å². The highest BCUT2D eigenvalue weighted by atomic mass is 16.1. The second-order valence-electron chi connectivity index (χ2n) is 6.53. The fraction of sp³-hybridized carbons (Fsp3) is 0.933. The maximum atomic E-state index is 12.0. The van der Waals surface area contributed by atoms with Crippen LogP contribution in [0.3, 0.4) is 0 Å². The summed E-state index contributed by atoms with van der Waals surface area (Å²) in [5, 5.41) is 3.38. The average molecular weight is 269 g/mol. The van der Waals surface area contributed by atoms with Gasteiger partial charge in [0.05, 0.1) is 0 Å². The summed E-state index contributed by atoms with van der Waals surface area (Å²) in [6.07, 6.45) is 3.37. The first-order valence-corrected chi connectivity index (χ1v) is 7.58. The van der Waals surface area contributed by atoms with Gasteiger partial charge in [-0.15, -0.1) is 0 Å². The molecule has 112 valence electrons. The lowest BCUT2D eigenvalue weighted by Crippen LogP contribution is -2.63. The van der Waals surface area contributed by atoms with Gasteiger partial charge in [-0.05, 0) is 51.6 Å². The molecule has 1 rings (SSSR count). The molecule has 0 aliphatic heterocycles. The summed E-state index contributed by atoms with van der Waals surface area (Å²) in [4.78, 5) is 14.3. The van der Waals surface area contributed by atoms with Crippen molar-refractivity contribution in [1.29, 1.82) is 0 Å². The molecule has 0 aromatic heterocycles. The van der Waals surface area contributed by atoms with Crippen LogP contribution < -0.4 is 11.1 Å². The van der Waals surface area contributed by atoms with Crippen LogP contribution in [-0.2, 0) is 4.79 Å². The van der Waals surface area contributed by atoms with Crippen LogP contribution in [0, 0.1) is 11.8 Å². The van der Waals surface area contributed by atoms with Crippen molar-refractivity contribution in [1.82, 2.24) is 10.2 Å². The van der Waals surface area contributed by atoms with E-state index < -0.39 is 5.54 Å². The average Bonchev–Trinajstić information content (AvgIpc) is 3.10. The molecular formula is C15H31N3O. The van der Waals surface area contributed by atoms with Crippen molar-refractivity contribution in [3.63, 3.8) is 0 Å². The maximum absolute atomic E-state index is 12.0. The summed E-state index contributed by atoms with van der Waals surface area (Å²) in [6, 6.07) is 0.469. The van der Waals surface area contributed by atoms with Crippen LogP contribution in [-0.4, -0.2) is 42.5 Å². The van der Waals surface area contributed by atoms with Gasteiger partial charge in [-0.25, -0.2) is 0 Å². The van der Waals surface area contributed by atoms with E-state index in [1.54, 1.807) is 0 Å². The smallest absolute Gasteiger partial charge is 0.239 e. The number of amides is 1. The van der Waals surface area contributed by atoms with Gasteiger partial charge in [0.1, 0.15) is 5.54 Å². The second kappa shape index (κ2) is 6.71. The molecule has 1 aliphatic carbocycles. The Balaban J connectivity index is 2.73. The van der Waals surface area contributed by atoms with Crippen molar-refractivity contribution >= 4 is 5.91 Å². The maximum Gasteiger partial charge on any atom is 0.239 e. The van der Waals surface area contributed by atoms with E-state index in [4.69, 9.17) is 5.73 Å². The minimum atomic E-state index is -0.533. The lowest BCUT2D eigenvalue weighted by atomic mass is 9.90. The fourth-order valence-electron chi connectivity index (χ4n) is 3.00. The predicted octanol–water partition coefficient (Wildman–Crippen LogP) is 1.60. The minimum absolute atomic E-state index is 0.194. The minimum Gasteiger partial charge on any atom is -0.368 e. The van der Waals surface area contributed by atoms with Crippen molar-refractivity contribution < 1.29 is 4.79 Å². The summed E-state index contributed by atoms with van der Waals surface area (Å²) < 4.78 is 0. The summed E-state index contributed by atoms with van der Waals surface area (Å²) in [5.74, 6) is 0.889. The molecule has 19 heavy (non-hydrogen) atoms. The van der Waals surface area contributed by atoms with Gasteiger partial charge in [0.25, 0.3) is 0 Å². The lowest BCUT2D eigenvalue weighted by molar-refractivity contribution is -0.126. The molecule has 4 nitrogen and oxygen atoms in total. The standard InChI is InChI=1S/C15H31N3O/c1-6-17-15(14(16)19,13-7-8-13)10-18(5)12(4)9-11(2)3/h11-13,17H,6-10H2,1-5H3,(H2,16,19). The summed E-state index contributed by atoms with van der Waals surface area (Å²) in [7, 11) is 2.10. The molecule has 0 radical (unpaired) electrons. The summed E-state index contributed by atoms with van der Waals surface area (Å²) in [5.41, 5.74) is 5.19. The van der Waals surface area contributed by atoms with Gasteiger partial charge in [0.2, 0.25) is 5.91 Å². The van der Waals surface area contributed by atoms with Gasteiger partial charge >= 0.3 is 0 Å². The third-order valence-corrected chi connectivity index (χ3v) is 4.27. The van der Waals surface area contributed by atoms with E-state index in [0.717, 1.165) is 25.8 Å². The van der Waals surface area contributed by atoms with Gasteiger partial charge in [-0.2, -0.15) is 0 Å². The zero-order valence-corrected chi connectivity index (χ0v) is 13.2. The molecule has 2 unspecified atom stereocenters. The Kier molecular flexibility index (Phi) is 5.81. The van der Waals surface area contributed by atoms with Crippen LogP contribution in [0.25, 0.3) is 0 Å². The lowest BCUT2D eigenvalue weighted by Gasteiger charge is -2.38. The third kappa shape index (κ3) is 4.18. The number of primary amides is 1. The molecule has 0 saturated heterocycles. The van der Waals surface area contributed by atoms with Crippen LogP contribution in [0.2, 0.25) is 0 Å². The number of nitrogens with two attached hydrogens (primary N) is 1. The Morgan fingerprint density at radius 1 is 1.42 bits per heavy atom. The second-order valence-corrected chi connectivity index (χ2v) is 6.53. The number of carbonyl (C=O) groups excluding carboxylic acids is 1. The first kappa shape index (κ1) is 16.4. The van der Waals surface area contributed by atoms with Crippen molar-refractivity contribution in [3.8, 4) is 0 Å². The van der Waals surface area contributed by atoms with Gasteiger partial charge in [0.15, 0.2) is 0 Å². The van der Waals surface area contributed by atoms with E-state index in [2.05, 4.69) is 38.0 Å². The Bertz CT molecular complexity index is 302. The van der Waals surface area contributed by atoms with Gasteiger partial charge < -0.3 is 16.0 Å². The molecular weight excluding hydrogens is 238 g/mol. The van der Waals surface area contributed by atoms with E-state index >= 15 is 0 Å². The van der Waals surface area contributed by atoms with Crippen LogP contribution in [0.15, 0.2) is 0 Å². The Morgan fingerprint density at radius 3 is 2.37 bits per heavy atom. The topological polar surface area (TPSA) is 58.4 Å². The summed E-state index contributed by atoms with van der Waals surface area (Å²) >= 11 is 0. The number of nitrogens with one attached hydrogen (secondary N) is 1. The molecule has 0 heterocycles. The highest BCUT2D eigenvalue weighted by Gasteiger charge is 2.50. The zero-order valence-electron chi connectivity index (χ0n) is 13.2. The molecule has 2 atom stereocenters. The Morgan fingerprint density at radius 2 is 2.00 bits per heavy atom. The SMILES string of the molecule is CCNC(CN(C)C(C)CC(C)C)(C(N)=O)C1CC1. The Hall–Kier alpha value is -0.610. The van der Waals surface area contributed by atoms with Crippen LogP contribution in [0.4, 0.5) is 0 Å². The number of hydrogen-bond donors (Lipinski definition) is 2. The van der Waals surface area contributed by atoms with Crippen LogP contribution in [0.1, 0.15) is 47.0 Å². The summed E-state index contributed by atoms with van der Waals surface area (Å²) in [6.45, 7) is 10.2. The third-order valence-electron chi connectivity index (χ3n) is 4.27. The van der Waals surface area contributed by atoms with Crippen LogP contribution >= 0.6 is 0 Å². The molecule has 0 spiro atoms. The molecule has 1 amide bonds. The molecule has 1 fully saturated rings. The monoisotopic (exact) mass is 269 g/mol. The number of rotatable bonds is 9. The van der Waals surface area contributed by atoms with Crippen molar-refractivity contribution in [2.75, 3.05) is 20.1 Å². The first-order valence-electron chi connectivity index (χ1n) is 7.58. The van der Waals surface area contributed by atoms with Gasteiger partial charge in [-0.3, -0.25) is 4.79 Å². The zero-order chi connectivity index (χ0) is 14.6. The predicted molar refractivity (Wildman–Crippen MR) is 79.9 cm³/mol. The number of carbonyl (C=O) groups is 1. The molecule has 3 N–H and O–H groups in total. The normalized spacial score (nSPS) is 20.6. The molecule has 0 aromatic rings. The van der Waals surface area contributed by atoms with E-state index in [0.29, 0.717) is 24.4 Å². The fourth-order valence-corrected chi connectivity index (χ4v) is 3.00. The number of nitrogens with zero attached hydrogens (tertiary/aromatic N) is 1. The van der Waals surface area contributed by atoms with Gasteiger partial charge in [0, 0.05) is 12.6 Å². The van der Waals surface area contributed by atoms with E-state index in [-0.39, 0.29) is 5.91 Å². The highest BCUT2D eigenvalue weighted by molar-refractivity contribution is 5.86.